The third-order valence-electron chi connectivity index (χ3n) is 3.03. The first kappa shape index (κ1) is 17.5. The molecule has 0 heterocycles. The van der Waals surface area contributed by atoms with Gasteiger partial charge in [-0.15, -0.1) is 12.4 Å². The van der Waals surface area contributed by atoms with E-state index in [1.54, 1.807) is 17.0 Å². The Kier molecular flexibility index (Phi) is 6.69. The average Bonchev–Trinajstić information content (AvgIpc) is 2.46. The second kappa shape index (κ2) is 8.03. The minimum Gasteiger partial charge on any atom is -0.329 e. The van der Waals surface area contributed by atoms with E-state index < -0.39 is 0 Å². The lowest BCUT2D eigenvalue weighted by Crippen LogP contribution is -2.35. The molecule has 0 fully saturated rings. The molecule has 3 nitrogen and oxygen atoms in total. The molecule has 0 aliphatic carbocycles. The summed E-state index contributed by atoms with van der Waals surface area (Å²) in [5.41, 5.74) is 8.19. The normalized spacial score (nSPS) is 9.86. The third-order valence-corrected chi connectivity index (χ3v) is 3.29. The number of amides is 1. The SMILES string of the molecule is Cc1ccc(C(=O)N(CCN)c2ccc(Cl)cc2)cc1.Cl. The number of benzene rings is 2. The van der Waals surface area contributed by atoms with Crippen LogP contribution in [0.25, 0.3) is 0 Å². The molecule has 0 aromatic heterocycles. The zero-order chi connectivity index (χ0) is 14.5. The van der Waals surface area contributed by atoms with E-state index in [1.807, 2.05) is 43.3 Å². The van der Waals surface area contributed by atoms with E-state index in [0.717, 1.165) is 11.3 Å². The average molecular weight is 325 g/mol. The maximum atomic E-state index is 12.6. The molecule has 2 aromatic rings. The van der Waals surface area contributed by atoms with Gasteiger partial charge in [-0.2, -0.15) is 0 Å². The van der Waals surface area contributed by atoms with Crippen LogP contribution in [0.5, 0.6) is 0 Å². The van der Waals surface area contributed by atoms with Gasteiger partial charge in [0.1, 0.15) is 0 Å². The van der Waals surface area contributed by atoms with Crippen LogP contribution in [0.1, 0.15) is 15.9 Å². The Bertz CT molecular complexity index is 582. The van der Waals surface area contributed by atoms with Crippen molar-refractivity contribution < 1.29 is 4.79 Å². The smallest absolute Gasteiger partial charge is 0.258 e. The molecular formula is C16H18Cl2N2O. The first-order valence-electron chi connectivity index (χ1n) is 6.46. The quantitative estimate of drug-likeness (QED) is 0.932. The number of nitrogens with zero attached hydrogens (tertiary/aromatic N) is 1. The van der Waals surface area contributed by atoms with Crippen LogP contribution < -0.4 is 10.6 Å². The Labute approximate surface area is 136 Å². The molecule has 112 valence electrons. The van der Waals surface area contributed by atoms with Crippen molar-refractivity contribution in [2.24, 2.45) is 5.73 Å². The summed E-state index contributed by atoms with van der Waals surface area (Å²) in [4.78, 5) is 14.2. The number of nitrogens with two attached hydrogens (primary N) is 1. The van der Waals surface area contributed by atoms with Crippen LogP contribution in [0.15, 0.2) is 48.5 Å². The van der Waals surface area contributed by atoms with Crippen LogP contribution >= 0.6 is 24.0 Å². The van der Waals surface area contributed by atoms with Gasteiger partial charge in [-0.1, -0.05) is 29.3 Å². The zero-order valence-corrected chi connectivity index (χ0v) is 13.3. The largest absolute Gasteiger partial charge is 0.329 e. The van der Waals surface area contributed by atoms with Gasteiger partial charge in [0.15, 0.2) is 0 Å². The fourth-order valence-corrected chi connectivity index (χ4v) is 2.08. The Hall–Kier alpha value is -1.55. The van der Waals surface area contributed by atoms with Crippen LogP contribution in [-0.4, -0.2) is 19.0 Å². The fraction of sp³-hybridized carbons (Fsp3) is 0.188. The van der Waals surface area contributed by atoms with Crippen molar-refractivity contribution in [3.05, 3.63) is 64.7 Å². The predicted molar refractivity (Wildman–Crippen MR) is 90.6 cm³/mol. The molecule has 2 N–H and O–H groups in total. The summed E-state index contributed by atoms with van der Waals surface area (Å²) >= 11 is 5.88. The summed E-state index contributed by atoms with van der Waals surface area (Å²) in [5.74, 6) is -0.0576. The van der Waals surface area contributed by atoms with Crippen molar-refractivity contribution in [1.29, 1.82) is 0 Å². The highest BCUT2D eigenvalue weighted by Crippen LogP contribution is 2.20. The Morgan fingerprint density at radius 3 is 2.19 bits per heavy atom. The van der Waals surface area contributed by atoms with Crippen LogP contribution in [-0.2, 0) is 0 Å². The van der Waals surface area contributed by atoms with Gasteiger partial charge in [-0.3, -0.25) is 4.79 Å². The number of aryl methyl sites for hydroxylation is 1. The monoisotopic (exact) mass is 324 g/mol. The summed E-state index contributed by atoms with van der Waals surface area (Å²) in [6, 6.07) is 14.7. The molecule has 0 spiro atoms. The van der Waals surface area contributed by atoms with E-state index in [2.05, 4.69) is 0 Å². The number of carbonyl (C=O) groups is 1. The molecule has 21 heavy (non-hydrogen) atoms. The third kappa shape index (κ3) is 4.46. The Morgan fingerprint density at radius 1 is 1.10 bits per heavy atom. The summed E-state index contributed by atoms with van der Waals surface area (Å²) in [7, 11) is 0. The highest BCUT2D eigenvalue weighted by molar-refractivity contribution is 6.30. The van der Waals surface area contributed by atoms with E-state index in [4.69, 9.17) is 17.3 Å². The van der Waals surface area contributed by atoms with Crippen LogP contribution in [0.3, 0.4) is 0 Å². The van der Waals surface area contributed by atoms with Crippen molar-refractivity contribution in [3.63, 3.8) is 0 Å². The predicted octanol–water partition coefficient (Wildman–Crippen LogP) is 3.68. The molecule has 5 heteroatoms. The van der Waals surface area contributed by atoms with Gasteiger partial charge in [0.25, 0.3) is 5.91 Å². The number of rotatable bonds is 4. The highest BCUT2D eigenvalue weighted by Gasteiger charge is 2.16. The summed E-state index contributed by atoms with van der Waals surface area (Å²) in [6.45, 7) is 2.86. The van der Waals surface area contributed by atoms with Crippen molar-refractivity contribution in [1.82, 2.24) is 0 Å². The molecule has 0 radical (unpaired) electrons. The first-order valence-corrected chi connectivity index (χ1v) is 6.84. The van der Waals surface area contributed by atoms with Crippen LogP contribution in [0.2, 0.25) is 5.02 Å². The Balaban J connectivity index is 0.00000220. The van der Waals surface area contributed by atoms with Crippen LogP contribution in [0.4, 0.5) is 5.69 Å². The summed E-state index contributed by atoms with van der Waals surface area (Å²) in [5, 5.41) is 0.643. The number of anilines is 1. The van der Waals surface area contributed by atoms with E-state index >= 15 is 0 Å². The molecule has 0 saturated heterocycles. The molecule has 1 amide bonds. The van der Waals surface area contributed by atoms with Crippen molar-refractivity contribution in [2.75, 3.05) is 18.0 Å². The molecule has 0 saturated carbocycles. The van der Waals surface area contributed by atoms with Crippen molar-refractivity contribution >= 4 is 35.6 Å². The van der Waals surface area contributed by atoms with E-state index in [-0.39, 0.29) is 18.3 Å². The topological polar surface area (TPSA) is 46.3 Å². The number of hydrogen-bond acceptors (Lipinski definition) is 2. The summed E-state index contributed by atoms with van der Waals surface area (Å²) < 4.78 is 0. The van der Waals surface area contributed by atoms with Crippen LogP contribution in [0, 0.1) is 6.92 Å². The molecule has 0 unspecified atom stereocenters. The molecule has 0 bridgehead atoms. The highest BCUT2D eigenvalue weighted by atomic mass is 35.5. The van der Waals surface area contributed by atoms with E-state index in [9.17, 15) is 4.79 Å². The molecule has 2 aromatic carbocycles. The maximum Gasteiger partial charge on any atom is 0.258 e. The lowest BCUT2D eigenvalue weighted by molar-refractivity contribution is 0.0987. The lowest BCUT2D eigenvalue weighted by Gasteiger charge is -2.22. The van der Waals surface area contributed by atoms with Crippen molar-refractivity contribution in [2.45, 2.75) is 6.92 Å². The number of halogens is 2. The lowest BCUT2D eigenvalue weighted by atomic mass is 10.1. The molecular weight excluding hydrogens is 307 g/mol. The van der Waals surface area contributed by atoms with Gasteiger partial charge in [-0.05, 0) is 43.3 Å². The van der Waals surface area contributed by atoms with Gasteiger partial charge in [0, 0.05) is 29.4 Å². The zero-order valence-electron chi connectivity index (χ0n) is 11.8. The van der Waals surface area contributed by atoms with Gasteiger partial charge >= 0.3 is 0 Å². The number of carbonyl (C=O) groups excluding carboxylic acids is 1. The first-order chi connectivity index (χ1) is 9.61. The van der Waals surface area contributed by atoms with Gasteiger partial charge in [0.05, 0.1) is 0 Å². The molecule has 0 aliphatic rings. The number of hydrogen-bond donors (Lipinski definition) is 1. The second-order valence-electron chi connectivity index (χ2n) is 4.59. The minimum absolute atomic E-state index is 0. The van der Waals surface area contributed by atoms with E-state index in [0.29, 0.717) is 23.7 Å². The van der Waals surface area contributed by atoms with E-state index in [1.165, 1.54) is 0 Å². The standard InChI is InChI=1S/C16H17ClN2O.ClH/c1-12-2-4-13(5-3-12)16(20)19(11-10-18)15-8-6-14(17)7-9-15;/h2-9H,10-11,18H2,1H3;1H. The minimum atomic E-state index is -0.0576. The molecule has 2 rings (SSSR count). The van der Waals surface area contributed by atoms with Crippen molar-refractivity contribution in [3.8, 4) is 0 Å². The Morgan fingerprint density at radius 2 is 1.67 bits per heavy atom. The fourth-order valence-electron chi connectivity index (χ4n) is 1.95. The molecule has 0 atom stereocenters. The second-order valence-corrected chi connectivity index (χ2v) is 5.02. The van der Waals surface area contributed by atoms with Gasteiger partial charge in [0.2, 0.25) is 0 Å². The maximum absolute atomic E-state index is 12.6. The van der Waals surface area contributed by atoms with Gasteiger partial charge in [-0.25, -0.2) is 0 Å². The molecule has 0 aliphatic heterocycles. The van der Waals surface area contributed by atoms with Gasteiger partial charge < -0.3 is 10.6 Å². The summed E-state index contributed by atoms with van der Waals surface area (Å²) in [6.07, 6.45) is 0.